The van der Waals surface area contributed by atoms with Crippen molar-refractivity contribution in [1.82, 2.24) is 4.98 Å². The van der Waals surface area contributed by atoms with Crippen molar-refractivity contribution in [2.24, 2.45) is 5.73 Å². The van der Waals surface area contributed by atoms with Gasteiger partial charge in [0.05, 0.1) is 6.54 Å². The summed E-state index contributed by atoms with van der Waals surface area (Å²) in [4.78, 5) is 14.7. The zero-order valence-electron chi connectivity index (χ0n) is 8.28. The van der Waals surface area contributed by atoms with Gasteiger partial charge in [0.2, 0.25) is 5.91 Å². The molecule has 1 aromatic carbocycles. The van der Waals surface area contributed by atoms with Crippen LogP contribution in [0, 0.1) is 6.92 Å². The van der Waals surface area contributed by atoms with Crippen LogP contribution in [0.4, 0.5) is 6.01 Å². The lowest BCUT2D eigenvalue weighted by atomic mass is 10.2. The van der Waals surface area contributed by atoms with Gasteiger partial charge >= 0.3 is 0 Å². The van der Waals surface area contributed by atoms with Crippen molar-refractivity contribution < 1.29 is 9.21 Å². The van der Waals surface area contributed by atoms with E-state index in [2.05, 4.69) is 10.3 Å². The van der Waals surface area contributed by atoms with Crippen LogP contribution in [0.3, 0.4) is 0 Å². The second-order valence-corrected chi connectivity index (χ2v) is 3.31. The first-order chi connectivity index (χ1) is 7.15. The Morgan fingerprint density at radius 1 is 1.60 bits per heavy atom. The third-order valence-corrected chi connectivity index (χ3v) is 1.96. The first-order valence-corrected chi connectivity index (χ1v) is 4.54. The second kappa shape index (κ2) is 3.61. The molecule has 0 saturated carbocycles. The summed E-state index contributed by atoms with van der Waals surface area (Å²) in [6.07, 6.45) is 0. The Labute approximate surface area is 86.3 Å². The van der Waals surface area contributed by atoms with Gasteiger partial charge in [0.1, 0.15) is 5.52 Å². The number of carbonyl (C=O) groups is 1. The van der Waals surface area contributed by atoms with E-state index in [0.717, 1.165) is 11.1 Å². The van der Waals surface area contributed by atoms with E-state index in [1.54, 1.807) is 0 Å². The molecule has 5 nitrogen and oxygen atoms in total. The second-order valence-electron chi connectivity index (χ2n) is 3.31. The molecule has 15 heavy (non-hydrogen) atoms. The molecule has 0 unspecified atom stereocenters. The maximum Gasteiger partial charge on any atom is 0.296 e. The SMILES string of the molecule is Cc1ccc2nc(NCC(N)=O)oc2c1. The number of nitrogens with two attached hydrogens (primary N) is 1. The molecule has 1 heterocycles. The Kier molecular flexibility index (Phi) is 2.29. The fourth-order valence-electron chi connectivity index (χ4n) is 1.27. The number of oxazole rings is 1. The predicted molar refractivity (Wildman–Crippen MR) is 56.4 cm³/mol. The number of nitrogens with zero attached hydrogens (tertiary/aromatic N) is 1. The molecular formula is C10H11N3O2. The number of aryl methyl sites for hydroxylation is 1. The number of rotatable bonds is 3. The minimum Gasteiger partial charge on any atom is -0.424 e. The van der Waals surface area contributed by atoms with Crippen molar-refractivity contribution in [2.45, 2.75) is 6.92 Å². The summed E-state index contributed by atoms with van der Waals surface area (Å²) in [6.45, 7) is 1.99. The minimum absolute atomic E-state index is 0.0196. The highest BCUT2D eigenvalue weighted by Crippen LogP contribution is 2.19. The van der Waals surface area contributed by atoms with Crippen molar-refractivity contribution in [3.05, 3.63) is 23.8 Å². The summed E-state index contributed by atoms with van der Waals surface area (Å²) in [5.41, 5.74) is 7.54. The minimum atomic E-state index is -0.451. The molecule has 1 amide bonds. The molecule has 3 N–H and O–H groups in total. The third-order valence-electron chi connectivity index (χ3n) is 1.96. The summed E-state index contributed by atoms with van der Waals surface area (Å²) in [5.74, 6) is -0.451. The average molecular weight is 205 g/mol. The number of amides is 1. The molecule has 5 heteroatoms. The lowest BCUT2D eigenvalue weighted by Gasteiger charge is -1.94. The lowest BCUT2D eigenvalue weighted by Crippen LogP contribution is -2.21. The van der Waals surface area contributed by atoms with E-state index >= 15 is 0 Å². The highest BCUT2D eigenvalue weighted by Gasteiger charge is 2.05. The highest BCUT2D eigenvalue weighted by atomic mass is 16.4. The van der Waals surface area contributed by atoms with E-state index in [4.69, 9.17) is 10.2 Å². The highest BCUT2D eigenvalue weighted by molar-refractivity contribution is 5.79. The maximum atomic E-state index is 10.5. The number of primary amides is 1. The molecule has 1 aromatic heterocycles. The zero-order chi connectivity index (χ0) is 10.8. The maximum absolute atomic E-state index is 10.5. The number of hydrogen-bond donors (Lipinski definition) is 2. The quantitative estimate of drug-likeness (QED) is 0.784. The molecule has 0 atom stereocenters. The van der Waals surface area contributed by atoms with Crippen LogP contribution in [0.1, 0.15) is 5.56 Å². The topological polar surface area (TPSA) is 81.1 Å². The molecule has 0 fully saturated rings. The van der Waals surface area contributed by atoms with Gasteiger partial charge in [-0.3, -0.25) is 4.79 Å². The van der Waals surface area contributed by atoms with Gasteiger partial charge in [-0.15, -0.1) is 0 Å². The molecule has 2 aromatic rings. The number of hydrogen-bond acceptors (Lipinski definition) is 4. The number of nitrogens with one attached hydrogen (secondary N) is 1. The van der Waals surface area contributed by atoms with Gasteiger partial charge in [-0.1, -0.05) is 6.07 Å². The van der Waals surface area contributed by atoms with Gasteiger partial charge in [0.25, 0.3) is 6.01 Å². The van der Waals surface area contributed by atoms with Crippen LogP contribution in [-0.2, 0) is 4.79 Å². The number of aromatic nitrogens is 1. The van der Waals surface area contributed by atoms with Crippen molar-refractivity contribution in [1.29, 1.82) is 0 Å². The third kappa shape index (κ3) is 2.07. The largest absolute Gasteiger partial charge is 0.424 e. The Balaban J connectivity index is 2.27. The van der Waals surface area contributed by atoms with Crippen LogP contribution >= 0.6 is 0 Å². The summed E-state index contributed by atoms with van der Waals surface area (Å²) >= 11 is 0. The van der Waals surface area contributed by atoms with Gasteiger partial charge in [0.15, 0.2) is 5.58 Å². The number of benzene rings is 1. The summed E-state index contributed by atoms with van der Waals surface area (Å²) in [7, 11) is 0. The van der Waals surface area contributed by atoms with Crippen LogP contribution < -0.4 is 11.1 Å². The fraction of sp³-hybridized carbons (Fsp3) is 0.200. The first kappa shape index (κ1) is 9.51. The summed E-state index contributed by atoms with van der Waals surface area (Å²) < 4.78 is 5.37. The average Bonchev–Trinajstić information content (AvgIpc) is 2.56. The van der Waals surface area contributed by atoms with Crippen LogP contribution in [0.5, 0.6) is 0 Å². The van der Waals surface area contributed by atoms with E-state index in [1.807, 2.05) is 25.1 Å². The van der Waals surface area contributed by atoms with E-state index in [-0.39, 0.29) is 6.54 Å². The molecule has 0 aliphatic carbocycles. The van der Waals surface area contributed by atoms with E-state index in [0.29, 0.717) is 11.6 Å². The van der Waals surface area contributed by atoms with Gasteiger partial charge in [-0.2, -0.15) is 4.98 Å². The molecule has 0 aliphatic rings. The number of carbonyl (C=O) groups excluding carboxylic acids is 1. The lowest BCUT2D eigenvalue weighted by molar-refractivity contribution is -0.116. The van der Waals surface area contributed by atoms with E-state index in [9.17, 15) is 4.79 Å². The van der Waals surface area contributed by atoms with Gasteiger partial charge in [-0.25, -0.2) is 0 Å². The number of anilines is 1. The smallest absolute Gasteiger partial charge is 0.296 e. The summed E-state index contributed by atoms with van der Waals surface area (Å²) in [5, 5.41) is 2.70. The molecule has 0 bridgehead atoms. The Bertz CT molecular complexity index is 504. The molecule has 78 valence electrons. The molecular weight excluding hydrogens is 194 g/mol. The van der Waals surface area contributed by atoms with E-state index in [1.165, 1.54) is 0 Å². The van der Waals surface area contributed by atoms with E-state index < -0.39 is 5.91 Å². The molecule has 0 radical (unpaired) electrons. The standard InChI is InChI=1S/C10H11N3O2/c1-6-2-3-7-8(4-6)15-10(13-7)12-5-9(11)14/h2-4H,5H2,1H3,(H2,11,14)(H,12,13). The molecule has 2 rings (SSSR count). The van der Waals surface area contributed by atoms with Crippen LogP contribution in [0.25, 0.3) is 11.1 Å². The Hall–Kier alpha value is -2.04. The van der Waals surface area contributed by atoms with Crippen LogP contribution in [-0.4, -0.2) is 17.4 Å². The summed E-state index contributed by atoms with van der Waals surface area (Å²) in [6, 6.07) is 6.01. The Morgan fingerprint density at radius 3 is 3.13 bits per heavy atom. The predicted octanol–water partition coefficient (Wildman–Crippen LogP) is 1.03. The zero-order valence-corrected chi connectivity index (χ0v) is 8.28. The van der Waals surface area contributed by atoms with Crippen molar-refractivity contribution >= 4 is 23.0 Å². The Morgan fingerprint density at radius 2 is 2.40 bits per heavy atom. The van der Waals surface area contributed by atoms with Crippen molar-refractivity contribution in [2.75, 3.05) is 11.9 Å². The fourth-order valence-corrected chi connectivity index (χ4v) is 1.27. The van der Waals surface area contributed by atoms with Crippen LogP contribution in [0.2, 0.25) is 0 Å². The van der Waals surface area contributed by atoms with Gasteiger partial charge in [0, 0.05) is 0 Å². The molecule has 0 spiro atoms. The first-order valence-electron chi connectivity index (χ1n) is 4.54. The monoisotopic (exact) mass is 205 g/mol. The van der Waals surface area contributed by atoms with Crippen molar-refractivity contribution in [3.8, 4) is 0 Å². The molecule has 0 aliphatic heterocycles. The van der Waals surface area contributed by atoms with Gasteiger partial charge in [-0.05, 0) is 24.6 Å². The van der Waals surface area contributed by atoms with Gasteiger partial charge < -0.3 is 15.5 Å². The van der Waals surface area contributed by atoms with Crippen LogP contribution in [0.15, 0.2) is 22.6 Å². The number of fused-ring (bicyclic) bond motifs is 1. The van der Waals surface area contributed by atoms with Crippen molar-refractivity contribution in [3.63, 3.8) is 0 Å². The molecule has 0 saturated heterocycles. The normalized spacial score (nSPS) is 10.5.